The van der Waals surface area contributed by atoms with Gasteiger partial charge in [-0.2, -0.15) is 0 Å². The number of amides is 1. The molecule has 0 saturated carbocycles. The maximum Gasteiger partial charge on any atom is 0.407 e. The van der Waals surface area contributed by atoms with E-state index < -0.39 is 53.7 Å². The summed E-state index contributed by atoms with van der Waals surface area (Å²) in [5.41, 5.74) is 0. The zero-order chi connectivity index (χ0) is 15.5. The molecule has 11 heteroatoms. The van der Waals surface area contributed by atoms with Gasteiger partial charge in [-0.05, 0) is 0 Å². The molecule has 1 fully saturated rings. The van der Waals surface area contributed by atoms with Gasteiger partial charge in [0.15, 0.2) is 6.29 Å². The minimum Gasteiger partial charge on any atom is -0.445 e. The first-order chi connectivity index (χ1) is 9.15. The van der Waals surface area contributed by atoms with Crippen LogP contribution in [-0.4, -0.2) is 74.2 Å². The standard InChI is InChI=1S/C9H14Cl3NO7/c10-9(11,12)2-19-8(18)13-4-6(16)5(15)3(1-14)20-7(4)17/h3-7,14-17H,1-2H2,(H,13,18). The minimum absolute atomic E-state index is 0.551. The summed E-state index contributed by atoms with van der Waals surface area (Å²) in [5.74, 6) is 0. The van der Waals surface area contributed by atoms with Gasteiger partial charge in [-0.15, -0.1) is 0 Å². The Morgan fingerprint density at radius 3 is 2.35 bits per heavy atom. The topological polar surface area (TPSA) is 128 Å². The number of carbonyl (C=O) groups is 1. The Labute approximate surface area is 129 Å². The van der Waals surface area contributed by atoms with Gasteiger partial charge in [0.2, 0.25) is 3.79 Å². The molecule has 1 aliphatic heterocycles. The second kappa shape index (κ2) is 7.28. The number of nitrogens with one attached hydrogen (secondary N) is 1. The van der Waals surface area contributed by atoms with Crippen LogP contribution in [0.3, 0.4) is 0 Å². The van der Waals surface area contributed by atoms with Crippen LogP contribution in [0.4, 0.5) is 4.79 Å². The molecule has 1 saturated heterocycles. The maximum atomic E-state index is 11.4. The van der Waals surface area contributed by atoms with Gasteiger partial charge in [0, 0.05) is 0 Å². The summed E-state index contributed by atoms with van der Waals surface area (Å²) in [7, 11) is 0. The molecule has 0 spiro atoms. The SMILES string of the molecule is O=C(NC1C(O)OC(CO)C(O)C1O)OCC(Cl)(Cl)Cl. The fraction of sp³-hybridized carbons (Fsp3) is 0.889. The van der Waals surface area contributed by atoms with Crippen LogP contribution in [0.5, 0.6) is 0 Å². The number of rotatable bonds is 3. The van der Waals surface area contributed by atoms with Crippen molar-refractivity contribution >= 4 is 40.9 Å². The van der Waals surface area contributed by atoms with Gasteiger partial charge < -0.3 is 35.2 Å². The highest BCUT2D eigenvalue weighted by Gasteiger charge is 2.44. The Kier molecular flexibility index (Phi) is 6.55. The molecule has 118 valence electrons. The van der Waals surface area contributed by atoms with Gasteiger partial charge in [-0.25, -0.2) is 4.79 Å². The van der Waals surface area contributed by atoms with Crippen LogP contribution in [0.25, 0.3) is 0 Å². The van der Waals surface area contributed by atoms with Gasteiger partial charge in [0.05, 0.1) is 6.61 Å². The summed E-state index contributed by atoms with van der Waals surface area (Å²) in [4.78, 5) is 11.4. The van der Waals surface area contributed by atoms with Crippen LogP contribution in [0.1, 0.15) is 0 Å². The van der Waals surface area contributed by atoms with E-state index >= 15 is 0 Å². The van der Waals surface area contributed by atoms with E-state index in [9.17, 15) is 20.1 Å². The van der Waals surface area contributed by atoms with E-state index in [-0.39, 0.29) is 0 Å². The van der Waals surface area contributed by atoms with Crippen LogP contribution < -0.4 is 5.32 Å². The van der Waals surface area contributed by atoms with Gasteiger partial charge in [0.1, 0.15) is 31.0 Å². The van der Waals surface area contributed by atoms with Gasteiger partial charge >= 0.3 is 6.09 Å². The van der Waals surface area contributed by atoms with E-state index in [4.69, 9.17) is 44.6 Å². The molecule has 1 amide bonds. The van der Waals surface area contributed by atoms with Gasteiger partial charge in [0.25, 0.3) is 0 Å². The number of alkyl halides is 3. The first kappa shape index (κ1) is 18.0. The van der Waals surface area contributed by atoms with Gasteiger partial charge in [-0.3, -0.25) is 0 Å². The van der Waals surface area contributed by atoms with Crippen molar-refractivity contribution in [1.29, 1.82) is 0 Å². The van der Waals surface area contributed by atoms with E-state index in [0.717, 1.165) is 0 Å². The van der Waals surface area contributed by atoms with E-state index in [1.54, 1.807) is 0 Å². The van der Waals surface area contributed by atoms with Crippen molar-refractivity contribution in [2.24, 2.45) is 0 Å². The molecule has 5 N–H and O–H groups in total. The van der Waals surface area contributed by atoms with E-state index in [0.29, 0.717) is 0 Å². The zero-order valence-electron chi connectivity index (χ0n) is 9.95. The lowest BCUT2D eigenvalue weighted by Gasteiger charge is -2.40. The summed E-state index contributed by atoms with van der Waals surface area (Å²) in [6.07, 6.45) is -6.98. The van der Waals surface area contributed by atoms with Gasteiger partial charge in [-0.1, -0.05) is 34.8 Å². The van der Waals surface area contributed by atoms with Crippen molar-refractivity contribution in [3.63, 3.8) is 0 Å². The fourth-order valence-electron chi connectivity index (χ4n) is 1.58. The van der Waals surface area contributed by atoms with Crippen LogP contribution in [-0.2, 0) is 9.47 Å². The lowest BCUT2D eigenvalue weighted by atomic mass is 9.97. The molecule has 0 aromatic carbocycles. The molecule has 1 heterocycles. The molecule has 0 aromatic heterocycles. The first-order valence-corrected chi connectivity index (χ1v) is 6.59. The van der Waals surface area contributed by atoms with E-state index in [1.165, 1.54) is 0 Å². The molecule has 0 aromatic rings. The fourth-order valence-corrected chi connectivity index (χ4v) is 1.74. The highest BCUT2D eigenvalue weighted by Crippen LogP contribution is 2.26. The van der Waals surface area contributed by atoms with Crippen LogP contribution in [0.15, 0.2) is 0 Å². The van der Waals surface area contributed by atoms with Crippen molar-refractivity contribution in [3.05, 3.63) is 0 Å². The number of aliphatic hydroxyl groups excluding tert-OH is 4. The predicted molar refractivity (Wildman–Crippen MR) is 68.5 cm³/mol. The minimum atomic E-state index is -1.81. The monoisotopic (exact) mass is 353 g/mol. The molecule has 20 heavy (non-hydrogen) atoms. The average Bonchev–Trinajstić information content (AvgIpc) is 2.35. The summed E-state index contributed by atoms with van der Waals surface area (Å²) in [5, 5.41) is 39.9. The van der Waals surface area contributed by atoms with Crippen molar-refractivity contribution in [3.8, 4) is 0 Å². The summed E-state index contributed by atoms with van der Waals surface area (Å²) < 4.78 is 7.56. The Hall–Kier alpha value is -0.0600. The molecule has 0 bridgehead atoms. The lowest BCUT2D eigenvalue weighted by Crippen LogP contribution is -2.64. The number of halogens is 3. The quantitative estimate of drug-likeness (QED) is 0.406. The summed E-state index contributed by atoms with van der Waals surface area (Å²) in [6, 6.07) is -1.37. The van der Waals surface area contributed by atoms with Crippen LogP contribution in [0, 0.1) is 0 Å². The van der Waals surface area contributed by atoms with Crippen molar-refractivity contribution < 1.29 is 34.7 Å². The van der Waals surface area contributed by atoms with E-state index in [2.05, 4.69) is 10.1 Å². The Balaban J connectivity index is 2.56. The zero-order valence-corrected chi connectivity index (χ0v) is 12.2. The molecule has 5 atom stereocenters. The molecule has 1 rings (SSSR count). The average molecular weight is 355 g/mol. The number of carbonyl (C=O) groups excluding carboxylic acids is 1. The number of ether oxygens (including phenoxy) is 2. The highest BCUT2D eigenvalue weighted by molar-refractivity contribution is 6.67. The second-order valence-corrected chi connectivity index (χ2v) is 6.61. The third-order valence-corrected chi connectivity index (χ3v) is 2.88. The maximum absolute atomic E-state index is 11.4. The van der Waals surface area contributed by atoms with Crippen LogP contribution in [0.2, 0.25) is 0 Å². The largest absolute Gasteiger partial charge is 0.445 e. The van der Waals surface area contributed by atoms with Crippen molar-refractivity contribution in [1.82, 2.24) is 5.32 Å². The Morgan fingerprint density at radius 1 is 1.25 bits per heavy atom. The first-order valence-electron chi connectivity index (χ1n) is 5.46. The molecule has 0 aliphatic carbocycles. The molecule has 0 radical (unpaired) electrons. The van der Waals surface area contributed by atoms with E-state index in [1.807, 2.05) is 0 Å². The number of alkyl carbamates (subject to hydrolysis) is 1. The molecular weight excluding hydrogens is 340 g/mol. The molecule has 8 nitrogen and oxygen atoms in total. The summed E-state index contributed by atoms with van der Waals surface area (Å²) in [6.45, 7) is -1.16. The normalized spacial score (nSPS) is 34.6. The molecule has 5 unspecified atom stereocenters. The Morgan fingerprint density at radius 2 is 1.85 bits per heavy atom. The Bertz CT molecular complexity index is 340. The number of aliphatic hydroxyl groups is 4. The van der Waals surface area contributed by atoms with Crippen molar-refractivity contribution in [2.75, 3.05) is 13.2 Å². The third kappa shape index (κ3) is 5.05. The third-order valence-electron chi connectivity index (χ3n) is 2.55. The smallest absolute Gasteiger partial charge is 0.407 e. The predicted octanol–water partition coefficient (Wildman–Crippen LogP) is -1.12. The summed E-state index contributed by atoms with van der Waals surface area (Å²) >= 11 is 16.1. The van der Waals surface area contributed by atoms with Crippen molar-refractivity contribution in [2.45, 2.75) is 34.4 Å². The van der Waals surface area contributed by atoms with Crippen LogP contribution >= 0.6 is 34.8 Å². The molecule has 1 aliphatic rings. The number of hydrogen-bond donors (Lipinski definition) is 5. The second-order valence-electron chi connectivity index (χ2n) is 4.09. The lowest BCUT2D eigenvalue weighted by molar-refractivity contribution is -0.253. The highest BCUT2D eigenvalue weighted by atomic mass is 35.6. The molecular formula is C9H14Cl3NO7. The number of hydrogen-bond acceptors (Lipinski definition) is 7.